The highest BCUT2D eigenvalue weighted by Crippen LogP contribution is 2.30. The van der Waals surface area contributed by atoms with Crippen molar-refractivity contribution in [2.24, 2.45) is 7.05 Å². The lowest BCUT2D eigenvalue weighted by molar-refractivity contribution is -0.113. The monoisotopic (exact) mass is 337 g/mol. The molecule has 0 aliphatic rings. The number of fused-ring (bicyclic) bond motifs is 3. The molecule has 0 unspecified atom stereocenters. The first-order valence-electron chi connectivity index (χ1n) is 7.52. The number of hydrogen-bond acceptors (Lipinski definition) is 4. The molecule has 4 rings (SSSR count). The Labute approximate surface area is 142 Å². The fourth-order valence-corrected chi connectivity index (χ4v) is 3.35. The van der Waals surface area contributed by atoms with Gasteiger partial charge in [0.2, 0.25) is 5.91 Å². The highest BCUT2D eigenvalue weighted by atomic mass is 32.2. The number of nitrogens with one attached hydrogen (secondary N) is 1. The molecule has 0 fully saturated rings. The standard InChI is InChI=1S/C18H15N3O2S/c1-21-9-8-19-18(21)24-11-17(22)20-12-6-7-14-13-4-2-3-5-15(13)23-16(14)10-12/h2-10H,11H2,1H3,(H,20,22). The number of nitrogens with zero attached hydrogens (tertiary/aromatic N) is 2. The van der Waals surface area contributed by atoms with Gasteiger partial charge in [-0.15, -0.1) is 0 Å². The van der Waals surface area contributed by atoms with Crippen LogP contribution >= 0.6 is 11.8 Å². The minimum atomic E-state index is -0.0709. The zero-order valence-electron chi connectivity index (χ0n) is 13.0. The highest BCUT2D eigenvalue weighted by Gasteiger charge is 2.10. The Morgan fingerprint density at radius 1 is 1.21 bits per heavy atom. The highest BCUT2D eigenvalue weighted by molar-refractivity contribution is 7.99. The molecule has 0 saturated carbocycles. The van der Waals surface area contributed by atoms with E-state index in [1.54, 1.807) is 6.20 Å². The fourth-order valence-electron chi connectivity index (χ4n) is 2.62. The molecule has 0 bridgehead atoms. The molecule has 0 aliphatic heterocycles. The topological polar surface area (TPSA) is 60.1 Å². The van der Waals surface area contributed by atoms with Crippen LogP contribution < -0.4 is 5.32 Å². The minimum absolute atomic E-state index is 0.0709. The zero-order valence-corrected chi connectivity index (χ0v) is 13.8. The summed E-state index contributed by atoms with van der Waals surface area (Å²) in [6.45, 7) is 0. The van der Waals surface area contributed by atoms with Crippen molar-refractivity contribution in [3.05, 3.63) is 54.9 Å². The number of amides is 1. The van der Waals surface area contributed by atoms with Crippen LogP contribution in [0.3, 0.4) is 0 Å². The number of aryl methyl sites for hydroxylation is 1. The van der Waals surface area contributed by atoms with Crippen LogP contribution in [0.5, 0.6) is 0 Å². The van der Waals surface area contributed by atoms with E-state index in [2.05, 4.69) is 10.3 Å². The average molecular weight is 337 g/mol. The predicted molar refractivity (Wildman–Crippen MR) is 96.3 cm³/mol. The van der Waals surface area contributed by atoms with Crippen LogP contribution in [0.1, 0.15) is 0 Å². The largest absolute Gasteiger partial charge is 0.456 e. The van der Waals surface area contributed by atoms with Crippen molar-refractivity contribution in [2.45, 2.75) is 5.16 Å². The molecule has 120 valence electrons. The number of imidazole rings is 1. The number of thioether (sulfide) groups is 1. The third-order valence-electron chi connectivity index (χ3n) is 3.77. The first-order chi connectivity index (χ1) is 11.7. The minimum Gasteiger partial charge on any atom is -0.456 e. The Kier molecular flexibility index (Phi) is 3.74. The smallest absolute Gasteiger partial charge is 0.234 e. The Morgan fingerprint density at radius 3 is 2.88 bits per heavy atom. The van der Waals surface area contributed by atoms with Crippen molar-refractivity contribution < 1.29 is 9.21 Å². The van der Waals surface area contributed by atoms with Crippen molar-refractivity contribution >= 4 is 45.3 Å². The third kappa shape index (κ3) is 2.76. The van der Waals surface area contributed by atoms with Gasteiger partial charge in [0.05, 0.1) is 5.75 Å². The Hall–Kier alpha value is -2.73. The molecule has 2 heterocycles. The van der Waals surface area contributed by atoms with Gasteiger partial charge in [0, 0.05) is 42.0 Å². The van der Waals surface area contributed by atoms with Gasteiger partial charge < -0.3 is 14.3 Å². The number of carbonyl (C=O) groups excluding carboxylic acids is 1. The number of furan rings is 1. The molecule has 4 aromatic rings. The molecule has 1 amide bonds. The van der Waals surface area contributed by atoms with Gasteiger partial charge in [-0.3, -0.25) is 4.79 Å². The van der Waals surface area contributed by atoms with Gasteiger partial charge in [-0.05, 0) is 18.2 Å². The number of rotatable bonds is 4. The summed E-state index contributed by atoms with van der Waals surface area (Å²) in [4.78, 5) is 16.3. The van der Waals surface area contributed by atoms with E-state index in [1.165, 1.54) is 11.8 Å². The Balaban J connectivity index is 1.50. The van der Waals surface area contributed by atoms with Crippen LogP contribution in [0.2, 0.25) is 0 Å². The second-order valence-corrected chi connectivity index (χ2v) is 6.41. The molecular formula is C18H15N3O2S. The second-order valence-electron chi connectivity index (χ2n) is 5.47. The average Bonchev–Trinajstić information content (AvgIpc) is 3.15. The van der Waals surface area contributed by atoms with E-state index in [-0.39, 0.29) is 5.91 Å². The quantitative estimate of drug-likeness (QED) is 0.571. The van der Waals surface area contributed by atoms with Crippen molar-refractivity contribution in [1.82, 2.24) is 9.55 Å². The van der Waals surface area contributed by atoms with Crippen LogP contribution in [0.25, 0.3) is 21.9 Å². The van der Waals surface area contributed by atoms with Gasteiger partial charge in [0.1, 0.15) is 11.2 Å². The zero-order chi connectivity index (χ0) is 16.5. The number of carbonyl (C=O) groups is 1. The number of para-hydroxylation sites is 1. The lowest BCUT2D eigenvalue weighted by Gasteiger charge is -2.05. The SMILES string of the molecule is Cn1ccnc1SCC(=O)Nc1ccc2c(c1)oc1ccccc12. The molecule has 24 heavy (non-hydrogen) atoms. The van der Waals surface area contributed by atoms with Gasteiger partial charge in [0.15, 0.2) is 5.16 Å². The van der Waals surface area contributed by atoms with Crippen LogP contribution in [0, 0.1) is 0 Å². The lowest BCUT2D eigenvalue weighted by Crippen LogP contribution is -2.14. The number of anilines is 1. The summed E-state index contributed by atoms with van der Waals surface area (Å²) in [5.74, 6) is 0.238. The summed E-state index contributed by atoms with van der Waals surface area (Å²) in [6.07, 6.45) is 3.57. The normalized spacial score (nSPS) is 11.2. The first-order valence-corrected chi connectivity index (χ1v) is 8.50. The van der Waals surface area contributed by atoms with Crippen LogP contribution in [0.4, 0.5) is 5.69 Å². The van der Waals surface area contributed by atoms with E-state index in [1.807, 2.05) is 60.3 Å². The first kappa shape index (κ1) is 14.8. The van der Waals surface area contributed by atoms with E-state index in [0.717, 1.165) is 32.8 Å². The lowest BCUT2D eigenvalue weighted by atomic mass is 10.1. The molecule has 0 saturated heterocycles. The van der Waals surface area contributed by atoms with Crippen LogP contribution in [-0.4, -0.2) is 21.2 Å². The predicted octanol–water partition coefficient (Wildman–Crippen LogP) is 4.05. The summed E-state index contributed by atoms with van der Waals surface area (Å²) >= 11 is 1.40. The van der Waals surface area contributed by atoms with Gasteiger partial charge in [0.25, 0.3) is 0 Å². The number of aromatic nitrogens is 2. The molecule has 6 heteroatoms. The number of benzene rings is 2. The van der Waals surface area contributed by atoms with E-state index in [4.69, 9.17) is 4.42 Å². The molecule has 0 spiro atoms. The summed E-state index contributed by atoms with van der Waals surface area (Å²) < 4.78 is 7.73. The molecule has 2 aromatic heterocycles. The van der Waals surface area contributed by atoms with Gasteiger partial charge >= 0.3 is 0 Å². The molecular weight excluding hydrogens is 322 g/mol. The maximum Gasteiger partial charge on any atom is 0.234 e. The van der Waals surface area contributed by atoms with E-state index >= 15 is 0 Å². The fraction of sp³-hybridized carbons (Fsp3) is 0.111. The molecule has 5 nitrogen and oxygen atoms in total. The van der Waals surface area contributed by atoms with E-state index in [9.17, 15) is 4.79 Å². The molecule has 0 aliphatic carbocycles. The molecule has 0 atom stereocenters. The summed E-state index contributed by atoms with van der Waals surface area (Å²) in [7, 11) is 1.91. The van der Waals surface area contributed by atoms with Gasteiger partial charge in [-0.2, -0.15) is 0 Å². The number of hydrogen-bond donors (Lipinski definition) is 1. The summed E-state index contributed by atoms with van der Waals surface area (Å²) in [5.41, 5.74) is 2.35. The van der Waals surface area contributed by atoms with Crippen LogP contribution in [-0.2, 0) is 11.8 Å². The molecule has 0 radical (unpaired) electrons. The molecule has 2 aromatic carbocycles. The van der Waals surface area contributed by atoms with Crippen molar-refractivity contribution in [1.29, 1.82) is 0 Å². The summed E-state index contributed by atoms with van der Waals surface area (Å²) in [6, 6.07) is 13.6. The van der Waals surface area contributed by atoms with Gasteiger partial charge in [-0.25, -0.2) is 4.98 Å². The Morgan fingerprint density at radius 2 is 2.04 bits per heavy atom. The third-order valence-corrected chi connectivity index (χ3v) is 4.83. The Bertz CT molecular complexity index is 1040. The second kappa shape index (κ2) is 6.05. The van der Waals surface area contributed by atoms with Gasteiger partial charge in [-0.1, -0.05) is 30.0 Å². The van der Waals surface area contributed by atoms with Crippen LogP contribution in [0.15, 0.2) is 64.4 Å². The van der Waals surface area contributed by atoms with Crippen molar-refractivity contribution in [3.63, 3.8) is 0 Å². The maximum atomic E-state index is 12.1. The maximum absolute atomic E-state index is 12.1. The van der Waals surface area contributed by atoms with E-state index in [0.29, 0.717) is 5.75 Å². The van der Waals surface area contributed by atoms with E-state index < -0.39 is 0 Å². The van der Waals surface area contributed by atoms with Crippen molar-refractivity contribution in [3.8, 4) is 0 Å². The van der Waals surface area contributed by atoms with Crippen molar-refractivity contribution in [2.75, 3.05) is 11.1 Å². The molecule has 1 N–H and O–H groups in total. The summed E-state index contributed by atoms with van der Waals surface area (Å²) in [5, 5.41) is 5.85.